The molecule has 1 rings (SSSR count). The normalized spacial score (nSPS) is 19.5. The number of nitrogens with zero attached hydrogens (tertiary/aromatic N) is 2. The highest BCUT2D eigenvalue weighted by Gasteiger charge is 2.27. The number of carbonyl (C=O) groups excluding carboxylic acids is 2. The molecule has 8 nitrogen and oxygen atoms in total. The smallest absolute Gasteiger partial charge is 0.326 e. The second kappa shape index (κ2) is 8.19. The summed E-state index contributed by atoms with van der Waals surface area (Å²) in [5.74, 6) is -2.43. The van der Waals surface area contributed by atoms with Crippen molar-refractivity contribution in [1.29, 1.82) is 0 Å². The van der Waals surface area contributed by atoms with E-state index in [2.05, 4.69) is 10.1 Å². The molecule has 1 amide bonds. The molecule has 110 valence electrons. The average Bonchev–Trinajstić information content (AvgIpc) is 2.44. The van der Waals surface area contributed by atoms with Gasteiger partial charge in [-0.2, -0.15) is 4.79 Å². The van der Waals surface area contributed by atoms with E-state index in [-0.39, 0.29) is 31.3 Å². The quantitative estimate of drug-likeness (QED) is 0.374. The Hall–Kier alpha value is -2.05. The highest BCUT2D eigenvalue weighted by molar-refractivity contribution is 6.25. The molecule has 1 aliphatic rings. The maximum absolute atomic E-state index is 11.9. The molecule has 1 heterocycles. The molecule has 0 bridgehead atoms. The number of ether oxygens (including phenoxy) is 1. The van der Waals surface area contributed by atoms with Crippen LogP contribution >= 0.6 is 0 Å². The van der Waals surface area contributed by atoms with E-state index in [9.17, 15) is 14.4 Å². The first kappa shape index (κ1) is 16.0. The zero-order chi connectivity index (χ0) is 15.0. The Balaban J connectivity index is 2.49. The van der Waals surface area contributed by atoms with Gasteiger partial charge in [-0.15, -0.1) is 0 Å². The summed E-state index contributed by atoms with van der Waals surface area (Å²) in [6.07, 6.45) is 1.95. The highest BCUT2D eigenvalue weighted by atomic mass is 16.5. The number of aliphatic carboxylic acids is 1. The molecule has 0 aromatic carbocycles. The van der Waals surface area contributed by atoms with Crippen LogP contribution in [0.2, 0.25) is 0 Å². The van der Waals surface area contributed by atoms with Crippen molar-refractivity contribution in [3.8, 4) is 0 Å². The van der Waals surface area contributed by atoms with E-state index in [1.54, 1.807) is 0 Å². The number of carboxylic acid groups (broad SMARTS) is 1. The van der Waals surface area contributed by atoms with E-state index in [0.717, 1.165) is 6.42 Å². The second-order valence-electron chi connectivity index (χ2n) is 4.56. The number of hydrogen-bond donors (Lipinski definition) is 2. The number of carboxylic acids is 1. The number of rotatable bonds is 7. The van der Waals surface area contributed by atoms with Gasteiger partial charge in [-0.1, -0.05) is 0 Å². The molecule has 2 N–H and O–H groups in total. The standard InChI is InChI=1S/C12H17N3O5/c13-14-6-9(16)3-4-10(12(18)19)15-11(17)8-2-1-5-20-7-8/h6,8,10H,1-5,7H2,(H,15,17)(H,18,19)/t8-,10?/m0/s1. The van der Waals surface area contributed by atoms with Gasteiger partial charge in [0.25, 0.3) is 0 Å². The van der Waals surface area contributed by atoms with E-state index < -0.39 is 17.8 Å². The van der Waals surface area contributed by atoms with Crippen molar-refractivity contribution in [3.05, 3.63) is 5.53 Å². The van der Waals surface area contributed by atoms with Crippen LogP contribution in [0.3, 0.4) is 0 Å². The van der Waals surface area contributed by atoms with Crippen LogP contribution in [0.1, 0.15) is 25.7 Å². The fourth-order valence-corrected chi connectivity index (χ4v) is 1.91. The van der Waals surface area contributed by atoms with Crippen LogP contribution in [0.25, 0.3) is 5.53 Å². The Morgan fingerprint density at radius 3 is 2.80 bits per heavy atom. The predicted molar refractivity (Wildman–Crippen MR) is 67.0 cm³/mol. The summed E-state index contributed by atoms with van der Waals surface area (Å²) in [7, 11) is 0. The summed E-state index contributed by atoms with van der Waals surface area (Å²) >= 11 is 0. The molecule has 1 saturated heterocycles. The average molecular weight is 283 g/mol. The SMILES string of the molecule is [N-]=[N+]=CC(=O)CCC(NC(=O)[C@H]1CCCOC1)C(=O)O. The molecule has 8 heteroatoms. The van der Waals surface area contributed by atoms with Gasteiger partial charge in [0.1, 0.15) is 6.04 Å². The summed E-state index contributed by atoms with van der Waals surface area (Å²) in [6.45, 7) is 0.898. The molecule has 0 aromatic rings. The molecular formula is C12H17N3O5. The van der Waals surface area contributed by atoms with Crippen LogP contribution in [0.15, 0.2) is 0 Å². The number of ketones is 1. The molecule has 1 unspecified atom stereocenters. The Labute approximate surface area is 115 Å². The molecule has 0 radical (unpaired) electrons. The molecule has 1 aliphatic heterocycles. The summed E-state index contributed by atoms with van der Waals surface area (Å²) in [5, 5.41) is 11.4. The molecular weight excluding hydrogens is 266 g/mol. The molecule has 0 aromatic heterocycles. The predicted octanol–water partition coefficient (Wildman–Crippen LogP) is -0.368. The summed E-state index contributed by atoms with van der Waals surface area (Å²) < 4.78 is 5.17. The lowest BCUT2D eigenvalue weighted by molar-refractivity contribution is -0.143. The maximum atomic E-state index is 11.9. The van der Waals surface area contributed by atoms with Crippen molar-refractivity contribution in [1.82, 2.24) is 5.32 Å². The number of hydrogen-bond acceptors (Lipinski definition) is 4. The Kier molecular flexibility index (Phi) is 6.55. The fourth-order valence-electron chi connectivity index (χ4n) is 1.91. The first-order valence-corrected chi connectivity index (χ1v) is 6.35. The summed E-state index contributed by atoms with van der Waals surface area (Å²) in [5.41, 5.74) is 8.18. The lowest BCUT2D eigenvalue weighted by Gasteiger charge is -2.23. The third-order valence-corrected chi connectivity index (χ3v) is 3.03. The number of carbonyl (C=O) groups is 3. The molecule has 2 atom stereocenters. The van der Waals surface area contributed by atoms with Gasteiger partial charge >= 0.3 is 12.2 Å². The van der Waals surface area contributed by atoms with Gasteiger partial charge in [0.2, 0.25) is 11.7 Å². The van der Waals surface area contributed by atoms with Crippen molar-refractivity contribution >= 4 is 23.9 Å². The lowest BCUT2D eigenvalue weighted by Crippen LogP contribution is -2.45. The number of nitrogens with one attached hydrogen (secondary N) is 1. The van der Waals surface area contributed by atoms with Gasteiger partial charge in [-0.25, -0.2) is 4.79 Å². The van der Waals surface area contributed by atoms with Crippen molar-refractivity contribution in [2.24, 2.45) is 5.92 Å². The van der Waals surface area contributed by atoms with Gasteiger partial charge in [0.05, 0.1) is 12.5 Å². The number of amides is 1. The highest BCUT2D eigenvalue weighted by Crippen LogP contribution is 2.14. The van der Waals surface area contributed by atoms with Crippen LogP contribution in [-0.2, 0) is 19.1 Å². The van der Waals surface area contributed by atoms with Crippen LogP contribution in [-0.4, -0.2) is 53.0 Å². The summed E-state index contributed by atoms with van der Waals surface area (Å²) in [4.78, 5) is 36.6. The van der Waals surface area contributed by atoms with Crippen molar-refractivity contribution < 1.29 is 29.0 Å². The van der Waals surface area contributed by atoms with E-state index >= 15 is 0 Å². The molecule has 0 aliphatic carbocycles. The molecule has 20 heavy (non-hydrogen) atoms. The van der Waals surface area contributed by atoms with Crippen molar-refractivity contribution in [2.75, 3.05) is 13.2 Å². The Morgan fingerprint density at radius 1 is 1.50 bits per heavy atom. The monoisotopic (exact) mass is 283 g/mol. The van der Waals surface area contributed by atoms with Gasteiger partial charge in [-0.3, -0.25) is 9.59 Å². The Morgan fingerprint density at radius 2 is 2.25 bits per heavy atom. The Bertz CT molecular complexity index is 425. The number of Topliss-reactive ketones (excluding diaryl/α,β-unsaturated/α-hetero) is 1. The minimum Gasteiger partial charge on any atom is -0.480 e. The largest absolute Gasteiger partial charge is 0.480 e. The zero-order valence-electron chi connectivity index (χ0n) is 10.9. The van der Waals surface area contributed by atoms with E-state index in [0.29, 0.717) is 19.2 Å². The maximum Gasteiger partial charge on any atom is 0.326 e. The first-order valence-electron chi connectivity index (χ1n) is 6.35. The van der Waals surface area contributed by atoms with Gasteiger partial charge in [0.15, 0.2) is 0 Å². The van der Waals surface area contributed by atoms with Crippen molar-refractivity contribution in [2.45, 2.75) is 31.7 Å². The van der Waals surface area contributed by atoms with E-state index in [4.69, 9.17) is 15.4 Å². The van der Waals surface area contributed by atoms with Gasteiger partial charge in [-0.05, 0) is 19.3 Å². The van der Waals surface area contributed by atoms with Crippen molar-refractivity contribution in [3.63, 3.8) is 0 Å². The zero-order valence-corrected chi connectivity index (χ0v) is 10.9. The van der Waals surface area contributed by atoms with Gasteiger partial charge < -0.3 is 20.7 Å². The van der Waals surface area contributed by atoms with Crippen LogP contribution in [0.4, 0.5) is 0 Å². The third kappa shape index (κ3) is 5.29. The second-order valence-corrected chi connectivity index (χ2v) is 4.56. The lowest BCUT2D eigenvalue weighted by atomic mass is 10.0. The van der Waals surface area contributed by atoms with Gasteiger partial charge in [0, 0.05) is 13.0 Å². The topological polar surface area (TPSA) is 129 Å². The minimum atomic E-state index is -1.20. The third-order valence-electron chi connectivity index (χ3n) is 3.03. The molecule has 1 fully saturated rings. The van der Waals surface area contributed by atoms with E-state index in [1.165, 1.54) is 0 Å². The first-order chi connectivity index (χ1) is 9.54. The fraction of sp³-hybridized carbons (Fsp3) is 0.667. The van der Waals surface area contributed by atoms with Crippen LogP contribution < -0.4 is 5.32 Å². The van der Waals surface area contributed by atoms with E-state index in [1.807, 2.05) is 0 Å². The minimum absolute atomic E-state index is 0.0560. The van der Waals surface area contributed by atoms with Crippen LogP contribution in [0.5, 0.6) is 0 Å². The molecule has 0 spiro atoms. The molecule has 0 saturated carbocycles. The van der Waals surface area contributed by atoms with Crippen LogP contribution in [0, 0.1) is 5.92 Å². The summed E-state index contributed by atoms with van der Waals surface area (Å²) in [6, 6.07) is -1.14.